The molecule has 0 spiro atoms. The smallest absolute Gasteiger partial charge is 0.340 e. The number of carbonyl (C=O) groups is 1. The van der Waals surface area contributed by atoms with E-state index in [2.05, 4.69) is 18.9 Å². The highest BCUT2D eigenvalue weighted by molar-refractivity contribution is 5.94. The van der Waals surface area contributed by atoms with E-state index in [0.717, 1.165) is 5.69 Å². The highest BCUT2D eigenvalue weighted by atomic mass is 16.5. The molecule has 0 saturated heterocycles. The quantitative estimate of drug-likeness (QED) is 0.678. The van der Waals surface area contributed by atoms with Gasteiger partial charge in [0.2, 0.25) is 0 Å². The molecule has 0 saturated carbocycles. The molecule has 100 valence electrons. The Morgan fingerprint density at radius 3 is 2.68 bits per heavy atom. The van der Waals surface area contributed by atoms with E-state index < -0.39 is 5.97 Å². The number of benzene rings is 1. The predicted molar refractivity (Wildman–Crippen MR) is 73.4 cm³/mol. The van der Waals surface area contributed by atoms with Crippen LogP contribution in [-0.4, -0.2) is 22.9 Å². The Balaban J connectivity index is 2.51. The number of esters is 1. The average molecular weight is 259 g/mol. The largest absolute Gasteiger partial charge is 0.465 e. The third-order valence-corrected chi connectivity index (χ3v) is 2.87. The number of hydrogen-bond donors (Lipinski definition) is 1. The number of hydrogen-bond acceptors (Lipinski definition) is 4. The number of anilines is 1. The van der Waals surface area contributed by atoms with Crippen LogP contribution in [0.25, 0.3) is 5.69 Å². The first-order chi connectivity index (χ1) is 9.02. The molecule has 1 aromatic carbocycles. The molecule has 0 aliphatic carbocycles. The second-order valence-corrected chi connectivity index (χ2v) is 4.61. The Morgan fingerprint density at radius 1 is 1.37 bits per heavy atom. The summed E-state index contributed by atoms with van der Waals surface area (Å²) in [4.78, 5) is 11.8. The van der Waals surface area contributed by atoms with Crippen molar-refractivity contribution in [1.29, 1.82) is 0 Å². The topological polar surface area (TPSA) is 70.1 Å². The van der Waals surface area contributed by atoms with Crippen LogP contribution in [0.15, 0.2) is 30.5 Å². The molecule has 0 fully saturated rings. The molecule has 2 rings (SSSR count). The van der Waals surface area contributed by atoms with Gasteiger partial charge in [-0.1, -0.05) is 13.8 Å². The number of nitrogen functional groups attached to an aromatic ring is 1. The predicted octanol–water partition coefficient (Wildman–Crippen LogP) is 2.36. The number of methoxy groups -OCH3 is 1. The van der Waals surface area contributed by atoms with E-state index in [9.17, 15) is 4.79 Å². The molecule has 2 aromatic rings. The van der Waals surface area contributed by atoms with Gasteiger partial charge in [0.25, 0.3) is 0 Å². The summed E-state index contributed by atoms with van der Waals surface area (Å²) in [6, 6.07) is 7.02. The van der Waals surface area contributed by atoms with Crippen molar-refractivity contribution in [1.82, 2.24) is 9.78 Å². The SMILES string of the molecule is COC(=O)c1cc(N)ccc1-n1ccc(C(C)C)n1. The lowest BCUT2D eigenvalue weighted by Crippen LogP contribution is -2.09. The van der Waals surface area contributed by atoms with Crippen molar-refractivity contribution in [3.63, 3.8) is 0 Å². The Labute approximate surface area is 112 Å². The van der Waals surface area contributed by atoms with Gasteiger partial charge < -0.3 is 10.5 Å². The summed E-state index contributed by atoms with van der Waals surface area (Å²) in [6.07, 6.45) is 1.83. The monoisotopic (exact) mass is 259 g/mol. The Hall–Kier alpha value is -2.30. The van der Waals surface area contributed by atoms with Crippen LogP contribution in [0.2, 0.25) is 0 Å². The number of aromatic nitrogens is 2. The van der Waals surface area contributed by atoms with Crippen LogP contribution >= 0.6 is 0 Å². The summed E-state index contributed by atoms with van der Waals surface area (Å²) in [7, 11) is 1.35. The molecular formula is C14H17N3O2. The van der Waals surface area contributed by atoms with Gasteiger partial charge in [0.05, 0.1) is 24.1 Å². The standard InChI is InChI=1S/C14H17N3O2/c1-9(2)12-6-7-17(16-12)13-5-4-10(15)8-11(13)14(18)19-3/h4-9H,15H2,1-3H3. The van der Waals surface area contributed by atoms with Crippen LogP contribution in [-0.2, 0) is 4.74 Å². The zero-order chi connectivity index (χ0) is 14.0. The van der Waals surface area contributed by atoms with E-state index >= 15 is 0 Å². The van der Waals surface area contributed by atoms with Gasteiger partial charge in [-0.3, -0.25) is 0 Å². The molecule has 0 aliphatic rings. The van der Waals surface area contributed by atoms with Gasteiger partial charge in [0.15, 0.2) is 0 Å². The van der Waals surface area contributed by atoms with Gasteiger partial charge in [-0.25, -0.2) is 9.48 Å². The van der Waals surface area contributed by atoms with Gasteiger partial charge in [0.1, 0.15) is 0 Å². The summed E-state index contributed by atoms with van der Waals surface area (Å²) < 4.78 is 6.44. The maximum absolute atomic E-state index is 11.8. The molecule has 0 atom stereocenters. The summed E-state index contributed by atoms with van der Waals surface area (Å²) in [5.41, 5.74) is 8.26. The fourth-order valence-corrected chi connectivity index (χ4v) is 1.81. The molecule has 0 radical (unpaired) electrons. The van der Waals surface area contributed by atoms with Gasteiger partial charge in [-0.2, -0.15) is 5.10 Å². The molecule has 0 amide bonds. The lowest BCUT2D eigenvalue weighted by molar-refractivity contribution is 0.0600. The van der Waals surface area contributed by atoms with Crippen LogP contribution in [0.4, 0.5) is 5.69 Å². The zero-order valence-electron chi connectivity index (χ0n) is 11.3. The van der Waals surface area contributed by atoms with Crippen molar-refractivity contribution in [3.05, 3.63) is 41.7 Å². The number of nitrogens with two attached hydrogens (primary N) is 1. The third-order valence-electron chi connectivity index (χ3n) is 2.87. The molecular weight excluding hydrogens is 242 g/mol. The first kappa shape index (κ1) is 13.1. The van der Waals surface area contributed by atoms with Crippen molar-refractivity contribution in [2.75, 3.05) is 12.8 Å². The summed E-state index contributed by atoms with van der Waals surface area (Å²) in [6.45, 7) is 4.13. The van der Waals surface area contributed by atoms with Crippen LogP contribution < -0.4 is 5.73 Å². The lowest BCUT2D eigenvalue weighted by atomic mass is 10.1. The van der Waals surface area contributed by atoms with Gasteiger partial charge >= 0.3 is 5.97 Å². The maximum Gasteiger partial charge on any atom is 0.340 e. The summed E-state index contributed by atoms with van der Waals surface area (Å²) >= 11 is 0. The van der Waals surface area contributed by atoms with Gasteiger partial charge in [-0.05, 0) is 30.2 Å². The third kappa shape index (κ3) is 2.59. The van der Waals surface area contributed by atoms with Crippen molar-refractivity contribution < 1.29 is 9.53 Å². The average Bonchev–Trinajstić information content (AvgIpc) is 2.87. The highest BCUT2D eigenvalue weighted by Crippen LogP contribution is 2.20. The van der Waals surface area contributed by atoms with Crippen LogP contribution in [0.3, 0.4) is 0 Å². The van der Waals surface area contributed by atoms with Crippen molar-refractivity contribution in [2.45, 2.75) is 19.8 Å². The minimum absolute atomic E-state index is 0.330. The first-order valence-corrected chi connectivity index (χ1v) is 6.06. The summed E-state index contributed by atoms with van der Waals surface area (Å²) in [5, 5.41) is 4.46. The Morgan fingerprint density at radius 2 is 2.11 bits per heavy atom. The molecule has 5 heteroatoms. The van der Waals surface area contributed by atoms with Crippen molar-refractivity contribution in [3.8, 4) is 5.69 Å². The number of carbonyl (C=O) groups excluding carboxylic acids is 1. The van der Waals surface area contributed by atoms with Crippen LogP contribution in [0.1, 0.15) is 35.8 Å². The zero-order valence-corrected chi connectivity index (χ0v) is 11.3. The molecule has 0 unspecified atom stereocenters. The second-order valence-electron chi connectivity index (χ2n) is 4.61. The lowest BCUT2D eigenvalue weighted by Gasteiger charge is -2.09. The molecule has 1 heterocycles. The number of ether oxygens (including phenoxy) is 1. The van der Waals surface area contributed by atoms with Gasteiger partial charge in [-0.15, -0.1) is 0 Å². The summed E-state index contributed by atoms with van der Waals surface area (Å²) in [5.74, 6) is -0.0968. The van der Waals surface area contributed by atoms with Crippen molar-refractivity contribution >= 4 is 11.7 Å². The molecule has 2 N–H and O–H groups in total. The Bertz CT molecular complexity index is 602. The van der Waals surface area contributed by atoms with Crippen LogP contribution in [0.5, 0.6) is 0 Å². The van der Waals surface area contributed by atoms with Gasteiger partial charge in [0, 0.05) is 11.9 Å². The van der Waals surface area contributed by atoms with E-state index in [1.54, 1.807) is 22.9 Å². The maximum atomic E-state index is 11.8. The number of rotatable bonds is 3. The fourth-order valence-electron chi connectivity index (χ4n) is 1.81. The van der Waals surface area contributed by atoms with E-state index in [1.807, 2.05) is 12.3 Å². The van der Waals surface area contributed by atoms with E-state index in [-0.39, 0.29) is 0 Å². The van der Waals surface area contributed by atoms with Crippen molar-refractivity contribution in [2.24, 2.45) is 0 Å². The van der Waals surface area contributed by atoms with E-state index in [4.69, 9.17) is 10.5 Å². The molecule has 5 nitrogen and oxygen atoms in total. The first-order valence-electron chi connectivity index (χ1n) is 6.06. The molecule has 19 heavy (non-hydrogen) atoms. The van der Waals surface area contributed by atoms with Crippen LogP contribution in [0, 0.1) is 0 Å². The molecule has 0 aliphatic heterocycles. The second kappa shape index (κ2) is 5.14. The molecule has 1 aromatic heterocycles. The van der Waals surface area contributed by atoms with E-state index in [0.29, 0.717) is 22.9 Å². The highest BCUT2D eigenvalue weighted by Gasteiger charge is 2.15. The normalized spacial score (nSPS) is 10.7. The molecule has 0 bridgehead atoms. The Kier molecular flexibility index (Phi) is 3.55. The fraction of sp³-hybridized carbons (Fsp3) is 0.286. The minimum Gasteiger partial charge on any atom is -0.465 e. The minimum atomic E-state index is -0.427. The number of nitrogens with zero attached hydrogens (tertiary/aromatic N) is 2. The van der Waals surface area contributed by atoms with E-state index in [1.165, 1.54) is 7.11 Å².